The summed E-state index contributed by atoms with van der Waals surface area (Å²) < 4.78 is 0. The number of ketones is 2. The predicted octanol–water partition coefficient (Wildman–Crippen LogP) is 6.93. The number of aromatic amines is 2. The van der Waals surface area contributed by atoms with E-state index in [2.05, 4.69) is 9.97 Å². The molecule has 6 aliphatic rings. The number of fused-ring (bicyclic) bond motifs is 2. The molecule has 16 heteroatoms. The zero-order chi connectivity index (χ0) is 44.6. The van der Waals surface area contributed by atoms with E-state index in [-0.39, 0.29) is 59.4 Å². The number of hydrogen-bond donors (Lipinski definition) is 4. The van der Waals surface area contributed by atoms with E-state index >= 15 is 0 Å². The van der Waals surface area contributed by atoms with E-state index in [1.54, 1.807) is 0 Å². The average Bonchev–Trinajstić information content (AvgIpc) is 3.88. The van der Waals surface area contributed by atoms with Crippen molar-refractivity contribution in [2.24, 2.45) is 23.7 Å². The van der Waals surface area contributed by atoms with Gasteiger partial charge in [0.15, 0.2) is 0 Å². The fourth-order valence-corrected chi connectivity index (χ4v) is 11.5. The van der Waals surface area contributed by atoms with E-state index in [0.717, 1.165) is 69.1 Å². The molecule has 6 fully saturated rings. The maximum atomic E-state index is 14.3. The number of likely N-dealkylation sites (N-methyl/N-ethyl adjacent to an activating group) is 2. The molecule has 0 radical (unpaired) electrons. The van der Waals surface area contributed by atoms with Crippen molar-refractivity contribution < 1.29 is 39.0 Å². The Hall–Kier alpha value is -6.32. The van der Waals surface area contributed by atoms with Crippen LogP contribution in [-0.2, 0) is 19.2 Å². The van der Waals surface area contributed by atoms with Crippen LogP contribution in [0.4, 0.5) is 9.59 Å². The molecule has 10 rings (SSSR count). The molecule has 2 saturated heterocycles. The summed E-state index contributed by atoms with van der Waals surface area (Å²) in [6.45, 7) is 0. The molecule has 4 saturated carbocycles. The van der Waals surface area contributed by atoms with Crippen molar-refractivity contribution in [2.75, 3.05) is 14.1 Å². The van der Waals surface area contributed by atoms with Gasteiger partial charge in [0.25, 0.3) is 0 Å². The smallest absolute Gasteiger partial charge is 0.407 e. The second-order valence-electron chi connectivity index (χ2n) is 19.0. The summed E-state index contributed by atoms with van der Waals surface area (Å²) in [5.74, 6) is 1.60. The number of hydrogen-bond acceptors (Lipinski definition) is 8. The minimum Gasteiger partial charge on any atom is -0.465 e. The highest BCUT2D eigenvalue weighted by molar-refractivity contribution is 5.89. The number of nitrogens with zero attached hydrogens (tertiary/aromatic N) is 6. The van der Waals surface area contributed by atoms with Gasteiger partial charge in [-0.15, -0.1) is 0 Å². The molecule has 8 atom stereocenters. The predicted molar refractivity (Wildman–Crippen MR) is 232 cm³/mol. The first kappa shape index (κ1) is 41.7. The Morgan fingerprint density at radius 3 is 1.27 bits per heavy atom. The first-order chi connectivity index (χ1) is 30.8. The van der Waals surface area contributed by atoms with E-state index in [0.29, 0.717) is 74.9 Å². The summed E-state index contributed by atoms with van der Waals surface area (Å²) in [5, 5.41) is 19.9. The van der Waals surface area contributed by atoms with Gasteiger partial charge in [-0.2, -0.15) is 0 Å². The normalized spacial score (nSPS) is 26.3. The number of carbonyl (C=O) groups is 6. The Bertz CT molecular complexity index is 2310. The minimum atomic E-state index is -1.15. The molecule has 4 heterocycles. The van der Waals surface area contributed by atoms with Crippen LogP contribution < -0.4 is 0 Å². The molecular formula is C48H54N8O8. The van der Waals surface area contributed by atoms with Crippen molar-refractivity contribution in [3.8, 4) is 33.6 Å². The number of benzene rings is 2. The molecule has 2 aliphatic heterocycles. The first-order valence-electron chi connectivity index (χ1n) is 22.8. The monoisotopic (exact) mass is 870 g/mol. The number of nitrogens with one attached hydrogen (secondary N) is 2. The van der Waals surface area contributed by atoms with Gasteiger partial charge in [-0.05, 0) is 86.2 Å². The number of carbonyl (C=O) groups excluding carboxylic acids is 4. The molecule has 2 aromatic heterocycles. The molecule has 2 aromatic carbocycles. The Balaban J connectivity index is 0.811. The van der Waals surface area contributed by atoms with E-state index < -0.39 is 24.3 Å². The van der Waals surface area contributed by atoms with Crippen LogP contribution in [-0.4, -0.2) is 124 Å². The number of piperidine rings is 2. The van der Waals surface area contributed by atoms with Gasteiger partial charge in [0.1, 0.15) is 35.3 Å². The highest BCUT2D eigenvalue weighted by atomic mass is 16.4. The van der Waals surface area contributed by atoms with Gasteiger partial charge in [0.2, 0.25) is 11.8 Å². The summed E-state index contributed by atoms with van der Waals surface area (Å²) in [6, 6.07) is 14.1. The molecule has 4 N–H and O–H groups in total. The standard InChI is InChI=1S/C48H54N8O8/c1-53(47(61)62)41(29-11-15-33(57)16-12-29)45(59)55-37-19-31(37)21-39(55)43-49-23-35(51-43)27-7-3-25(4-8-27)26-5-9-28(10-6-26)36-24-50-44(52-36)40-22-32-20-38(32)56(40)46(60)42(54(2)48(63)64)30-13-17-34(58)18-14-30/h3-10,23-24,29-32,37-42H,11-22H2,1-2H3,(H,49,51)(H,50,52)(H,61,62)(H,63,64)/t31-,32-,37-,38-,39+,40+,41+,42+/m1/s1. The fraction of sp³-hybridized carbons (Fsp3) is 0.500. The third kappa shape index (κ3) is 7.63. The number of likely N-dealkylation sites (tertiary alicyclic amines) is 2. The Labute approximate surface area is 370 Å². The van der Waals surface area contributed by atoms with Crippen LogP contribution in [0.15, 0.2) is 60.9 Å². The topological polar surface area (TPSA) is 213 Å². The van der Waals surface area contributed by atoms with Crippen LogP contribution in [0.1, 0.15) is 101 Å². The number of imidazole rings is 2. The Morgan fingerprint density at radius 2 is 0.922 bits per heavy atom. The third-order valence-electron chi connectivity index (χ3n) is 15.3. The average molecular weight is 871 g/mol. The Kier molecular flexibility index (Phi) is 10.6. The second kappa shape index (κ2) is 16.3. The first-order valence-corrected chi connectivity index (χ1v) is 22.8. The summed E-state index contributed by atoms with van der Waals surface area (Å²) in [5.41, 5.74) is 5.35. The van der Waals surface area contributed by atoms with Gasteiger partial charge in [-0.1, -0.05) is 48.5 Å². The molecule has 334 valence electrons. The molecule has 16 nitrogen and oxygen atoms in total. The maximum absolute atomic E-state index is 14.3. The second-order valence-corrected chi connectivity index (χ2v) is 19.0. The van der Waals surface area contributed by atoms with E-state index in [1.165, 1.54) is 14.1 Å². The summed E-state index contributed by atoms with van der Waals surface area (Å²) in [4.78, 5) is 99.6. The summed E-state index contributed by atoms with van der Waals surface area (Å²) in [6.07, 6.45) is 8.23. The van der Waals surface area contributed by atoms with Crippen molar-refractivity contribution in [3.63, 3.8) is 0 Å². The number of amides is 4. The molecule has 4 aromatic rings. The van der Waals surface area contributed by atoms with Crippen molar-refractivity contribution in [1.29, 1.82) is 0 Å². The van der Waals surface area contributed by atoms with Crippen LogP contribution in [0.2, 0.25) is 0 Å². The number of Topliss-reactive ketones (excluding diaryl/α,β-unsaturated/α-hetero) is 2. The van der Waals surface area contributed by atoms with Crippen LogP contribution in [0.25, 0.3) is 33.6 Å². The Morgan fingerprint density at radius 1 is 0.578 bits per heavy atom. The van der Waals surface area contributed by atoms with Crippen LogP contribution in [0, 0.1) is 23.7 Å². The number of rotatable bonds is 11. The fourth-order valence-electron chi connectivity index (χ4n) is 11.5. The molecule has 64 heavy (non-hydrogen) atoms. The highest BCUT2D eigenvalue weighted by Gasteiger charge is 2.58. The van der Waals surface area contributed by atoms with Gasteiger partial charge in [0.05, 0.1) is 23.5 Å². The molecule has 0 bridgehead atoms. The number of carboxylic acid groups (broad SMARTS) is 2. The van der Waals surface area contributed by atoms with Gasteiger partial charge in [-0.25, -0.2) is 19.6 Å². The van der Waals surface area contributed by atoms with Gasteiger partial charge in [0, 0.05) is 75.4 Å². The number of H-pyrrole nitrogens is 2. The molecule has 4 aliphatic carbocycles. The molecular weight excluding hydrogens is 817 g/mol. The van der Waals surface area contributed by atoms with E-state index in [4.69, 9.17) is 9.97 Å². The van der Waals surface area contributed by atoms with Gasteiger partial charge >= 0.3 is 12.2 Å². The van der Waals surface area contributed by atoms with Crippen LogP contribution >= 0.6 is 0 Å². The SMILES string of the molecule is CN(C(=O)O)[C@H](C(=O)N1[C@@H]2C[C@@H]2C[C@H]1c1nc(-c2ccc(-c3ccc(-c4c[nH]c([C@@H]5C[C@H]6C[C@H]6N5C(=O)[C@H](C5CCC(=O)CC5)N(C)C(=O)O)n4)cc3)cc2)c[nH]1)C1CCC(=O)CC1. The lowest BCUT2D eigenvalue weighted by Crippen LogP contribution is -2.54. The highest BCUT2D eigenvalue weighted by Crippen LogP contribution is 2.55. The van der Waals surface area contributed by atoms with E-state index in [1.807, 2.05) is 70.7 Å². The van der Waals surface area contributed by atoms with E-state index in [9.17, 15) is 39.0 Å². The summed E-state index contributed by atoms with van der Waals surface area (Å²) >= 11 is 0. The lowest BCUT2D eigenvalue weighted by atomic mass is 9.82. The third-order valence-corrected chi connectivity index (χ3v) is 15.3. The van der Waals surface area contributed by atoms with Crippen molar-refractivity contribution >= 4 is 35.6 Å². The van der Waals surface area contributed by atoms with Crippen LogP contribution in [0.5, 0.6) is 0 Å². The van der Waals surface area contributed by atoms with Crippen molar-refractivity contribution in [2.45, 2.75) is 113 Å². The maximum Gasteiger partial charge on any atom is 0.407 e. The van der Waals surface area contributed by atoms with Crippen molar-refractivity contribution in [3.05, 3.63) is 72.6 Å². The molecule has 0 unspecified atom stereocenters. The van der Waals surface area contributed by atoms with Gasteiger partial charge < -0.3 is 30.0 Å². The number of aromatic nitrogens is 4. The summed E-state index contributed by atoms with van der Waals surface area (Å²) in [7, 11) is 2.92. The largest absolute Gasteiger partial charge is 0.465 e. The lowest BCUT2D eigenvalue weighted by molar-refractivity contribution is -0.142. The van der Waals surface area contributed by atoms with Gasteiger partial charge in [-0.3, -0.25) is 29.0 Å². The minimum absolute atomic E-state index is 0.0643. The quantitative estimate of drug-likeness (QED) is 0.122. The zero-order valence-electron chi connectivity index (χ0n) is 36.1. The van der Waals surface area contributed by atoms with Crippen LogP contribution in [0.3, 0.4) is 0 Å². The molecule has 0 spiro atoms. The van der Waals surface area contributed by atoms with Crippen molar-refractivity contribution in [1.82, 2.24) is 39.5 Å². The zero-order valence-corrected chi connectivity index (χ0v) is 36.1. The molecule has 4 amide bonds. The lowest BCUT2D eigenvalue weighted by Gasteiger charge is -2.38.